The van der Waals surface area contributed by atoms with Gasteiger partial charge in [0.05, 0.1) is 5.69 Å². The molecule has 0 unspecified atom stereocenters. The lowest BCUT2D eigenvalue weighted by Crippen LogP contribution is -2.13. The zero-order valence-electron chi connectivity index (χ0n) is 7.91. The third-order valence-electron chi connectivity index (χ3n) is 2.51. The van der Waals surface area contributed by atoms with E-state index < -0.39 is 0 Å². The van der Waals surface area contributed by atoms with Crippen molar-refractivity contribution in [2.75, 3.05) is 11.9 Å². The molecule has 0 fully saturated rings. The summed E-state index contributed by atoms with van der Waals surface area (Å²) in [5, 5.41) is 7.15. The number of nitrogens with zero attached hydrogens (tertiary/aromatic N) is 1. The molecule has 0 saturated carbocycles. The highest BCUT2D eigenvalue weighted by molar-refractivity contribution is 7.08. The molecule has 3 rings (SSSR count). The Hall–Kier alpha value is -1.62. The van der Waals surface area contributed by atoms with Crippen LogP contribution in [0.5, 0.6) is 0 Å². The van der Waals surface area contributed by atoms with Gasteiger partial charge in [-0.3, -0.25) is 0 Å². The van der Waals surface area contributed by atoms with Gasteiger partial charge in [0.1, 0.15) is 5.82 Å². The smallest absolute Gasteiger partial charge is 0.347 e. The average molecular weight is 219 g/mol. The van der Waals surface area contributed by atoms with E-state index in [1.807, 2.05) is 16.8 Å². The predicted molar refractivity (Wildman–Crippen MR) is 60.4 cm³/mol. The molecule has 0 aromatic carbocycles. The Balaban J connectivity index is 2.28. The molecular formula is C10H9N3OS. The molecule has 2 N–H and O–H groups in total. The maximum atomic E-state index is 11.3. The average Bonchev–Trinajstić information content (AvgIpc) is 2.86. The summed E-state index contributed by atoms with van der Waals surface area (Å²) in [7, 11) is 0. The molecule has 1 aliphatic heterocycles. The SMILES string of the molecule is O=c1nc2c(c(-c3ccsc3)[nH]1)CCN2. The molecule has 0 radical (unpaired) electrons. The lowest BCUT2D eigenvalue weighted by molar-refractivity contribution is 1.06. The van der Waals surface area contributed by atoms with Crippen molar-refractivity contribution < 1.29 is 0 Å². The number of nitrogens with one attached hydrogen (secondary N) is 2. The van der Waals surface area contributed by atoms with Crippen LogP contribution >= 0.6 is 11.3 Å². The van der Waals surface area contributed by atoms with Crippen LogP contribution in [-0.4, -0.2) is 16.5 Å². The van der Waals surface area contributed by atoms with Crippen LogP contribution in [0.15, 0.2) is 21.6 Å². The maximum absolute atomic E-state index is 11.3. The Bertz CT molecular complexity index is 544. The van der Waals surface area contributed by atoms with Crippen molar-refractivity contribution in [1.29, 1.82) is 0 Å². The zero-order chi connectivity index (χ0) is 10.3. The van der Waals surface area contributed by atoms with E-state index >= 15 is 0 Å². The van der Waals surface area contributed by atoms with Gasteiger partial charge in [-0.2, -0.15) is 16.3 Å². The third-order valence-corrected chi connectivity index (χ3v) is 3.19. The Kier molecular flexibility index (Phi) is 1.85. The van der Waals surface area contributed by atoms with Crippen molar-refractivity contribution in [2.24, 2.45) is 0 Å². The number of aromatic nitrogens is 2. The van der Waals surface area contributed by atoms with Crippen LogP contribution in [0.4, 0.5) is 5.82 Å². The van der Waals surface area contributed by atoms with Crippen molar-refractivity contribution in [3.05, 3.63) is 32.9 Å². The number of fused-ring (bicyclic) bond motifs is 1. The highest BCUT2D eigenvalue weighted by Gasteiger charge is 2.18. The topological polar surface area (TPSA) is 57.8 Å². The molecule has 0 saturated heterocycles. The molecule has 0 atom stereocenters. The van der Waals surface area contributed by atoms with Gasteiger partial charge >= 0.3 is 5.69 Å². The molecule has 0 bridgehead atoms. The molecule has 4 nitrogen and oxygen atoms in total. The minimum absolute atomic E-state index is 0.288. The first-order valence-electron chi connectivity index (χ1n) is 4.74. The fraction of sp³-hybridized carbons (Fsp3) is 0.200. The van der Waals surface area contributed by atoms with Gasteiger partial charge in [0, 0.05) is 23.1 Å². The molecule has 0 spiro atoms. The van der Waals surface area contributed by atoms with Gasteiger partial charge < -0.3 is 10.3 Å². The Morgan fingerprint density at radius 2 is 2.40 bits per heavy atom. The molecule has 1 aliphatic rings. The summed E-state index contributed by atoms with van der Waals surface area (Å²) < 4.78 is 0. The second kappa shape index (κ2) is 3.20. The quantitative estimate of drug-likeness (QED) is 0.763. The number of anilines is 1. The number of hydrogen-bond donors (Lipinski definition) is 2. The largest absolute Gasteiger partial charge is 0.369 e. The summed E-state index contributed by atoms with van der Waals surface area (Å²) in [4.78, 5) is 18.1. The Morgan fingerprint density at radius 3 is 3.20 bits per heavy atom. The first kappa shape index (κ1) is 8.67. The summed E-state index contributed by atoms with van der Waals surface area (Å²) in [5.41, 5.74) is 2.81. The van der Waals surface area contributed by atoms with Crippen LogP contribution < -0.4 is 11.0 Å². The van der Waals surface area contributed by atoms with Crippen molar-refractivity contribution in [3.8, 4) is 11.3 Å². The summed E-state index contributed by atoms with van der Waals surface area (Å²) in [6.07, 6.45) is 0.921. The monoisotopic (exact) mass is 219 g/mol. The van der Waals surface area contributed by atoms with Gasteiger partial charge in [-0.1, -0.05) is 0 Å². The van der Waals surface area contributed by atoms with Gasteiger partial charge in [-0.15, -0.1) is 0 Å². The van der Waals surface area contributed by atoms with Crippen LogP contribution in [0.2, 0.25) is 0 Å². The lowest BCUT2D eigenvalue weighted by atomic mass is 10.1. The van der Waals surface area contributed by atoms with Crippen LogP contribution in [0, 0.1) is 0 Å². The maximum Gasteiger partial charge on any atom is 0.347 e. The molecule has 2 aromatic rings. The van der Waals surface area contributed by atoms with E-state index in [1.54, 1.807) is 11.3 Å². The minimum Gasteiger partial charge on any atom is -0.369 e. The predicted octanol–water partition coefficient (Wildman–Crippen LogP) is 1.47. The molecule has 2 aromatic heterocycles. The number of rotatable bonds is 1. The molecule has 15 heavy (non-hydrogen) atoms. The van der Waals surface area contributed by atoms with E-state index in [4.69, 9.17) is 0 Å². The molecule has 3 heterocycles. The van der Waals surface area contributed by atoms with Crippen molar-refractivity contribution in [3.63, 3.8) is 0 Å². The second-order valence-corrected chi connectivity index (χ2v) is 4.21. The highest BCUT2D eigenvalue weighted by atomic mass is 32.1. The highest BCUT2D eigenvalue weighted by Crippen LogP contribution is 2.29. The van der Waals surface area contributed by atoms with Crippen LogP contribution in [0.3, 0.4) is 0 Å². The van der Waals surface area contributed by atoms with Gasteiger partial charge in [0.15, 0.2) is 0 Å². The summed E-state index contributed by atoms with van der Waals surface area (Å²) in [6, 6.07) is 2.01. The number of aromatic amines is 1. The molecule has 0 amide bonds. The summed E-state index contributed by atoms with van der Waals surface area (Å²) >= 11 is 1.62. The third kappa shape index (κ3) is 1.35. The van der Waals surface area contributed by atoms with Crippen molar-refractivity contribution in [1.82, 2.24) is 9.97 Å². The number of hydrogen-bond acceptors (Lipinski definition) is 4. The standard InChI is InChI=1S/C10H9N3OS/c14-10-12-8(6-2-4-15-5-6)7-1-3-11-9(7)13-10/h2,4-5H,1,3H2,(H2,11,12,13,14). The van der Waals surface area contributed by atoms with Crippen molar-refractivity contribution in [2.45, 2.75) is 6.42 Å². The Morgan fingerprint density at radius 1 is 1.47 bits per heavy atom. The minimum atomic E-state index is -0.288. The van der Waals surface area contributed by atoms with Gasteiger partial charge in [-0.25, -0.2) is 4.79 Å². The summed E-state index contributed by atoms with van der Waals surface area (Å²) in [5.74, 6) is 0.736. The number of thiophene rings is 1. The van der Waals surface area contributed by atoms with E-state index in [-0.39, 0.29) is 5.69 Å². The van der Waals surface area contributed by atoms with E-state index in [2.05, 4.69) is 15.3 Å². The van der Waals surface area contributed by atoms with Gasteiger partial charge in [0.2, 0.25) is 0 Å². The van der Waals surface area contributed by atoms with E-state index in [0.29, 0.717) is 0 Å². The van der Waals surface area contributed by atoms with E-state index in [0.717, 1.165) is 35.6 Å². The van der Waals surface area contributed by atoms with Crippen molar-refractivity contribution >= 4 is 17.2 Å². The first-order chi connectivity index (χ1) is 7.34. The molecule has 5 heteroatoms. The van der Waals surface area contributed by atoms with E-state index in [9.17, 15) is 4.79 Å². The van der Waals surface area contributed by atoms with Gasteiger partial charge in [0.25, 0.3) is 0 Å². The second-order valence-electron chi connectivity index (χ2n) is 3.43. The van der Waals surface area contributed by atoms with Crippen LogP contribution in [-0.2, 0) is 6.42 Å². The normalized spacial score (nSPS) is 13.6. The van der Waals surface area contributed by atoms with Gasteiger partial charge in [-0.05, 0) is 17.9 Å². The molecular weight excluding hydrogens is 210 g/mol. The Labute approximate surface area is 90.0 Å². The first-order valence-corrected chi connectivity index (χ1v) is 5.68. The fourth-order valence-corrected chi connectivity index (χ4v) is 2.49. The fourth-order valence-electron chi connectivity index (χ4n) is 1.85. The van der Waals surface area contributed by atoms with E-state index in [1.165, 1.54) is 0 Å². The number of H-pyrrole nitrogens is 1. The molecule has 76 valence electrons. The van der Waals surface area contributed by atoms with Crippen LogP contribution in [0.25, 0.3) is 11.3 Å². The molecule has 0 aliphatic carbocycles. The zero-order valence-corrected chi connectivity index (χ0v) is 8.73. The summed E-state index contributed by atoms with van der Waals surface area (Å²) in [6.45, 7) is 0.858. The van der Waals surface area contributed by atoms with Crippen LogP contribution in [0.1, 0.15) is 5.56 Å². The lowest BCUT2D eigenvalue weighted by Gasteiger charge is -2.03.